The second kappa shape index (κ2) is 7.20. The maximum absolute atomic E-state index is 12.2. The van der Waals surface area contributed by atoms with Crippen LogP contribution in [0.4, 0.5) is 0 Å². The van der Waals surface area contributed by atoms with E-state index in [1.165, 1.54) is 28.7 Å². The third-order valence-corrected chi connectivity index (χ3v) is 5.11. The molecule has 4 heteroatoms. The highest BCUT2D eigenvalue weighted by Crippen LogP contribution is 2.26. The summed E-state index contributed by atoms with van der Waals surface area (Å²) < 4.78 is 5.03. The van der Waals surface area contributed by atoms with Crippen molar-refractivity contribution in [1.82, 2.24) is 4.90 Å². The van der Waals surface area contributed by atoms with Gasteiger partial charge < -0.3 is 4.74 Å². The molecular formula is C19H21NO2S. The van der Waals surface area contributed by atoms with Gasteiger partial charge in [-0.05, 0) is 41.5 Å². The van der Waals surface area contributed by atoms with E-state index in [0.717, 1.165) is 13.1 Å². The fourth-order valence-corrected chi connectivity index (χ4v) is 3.49. The molecule has 3 rings (SSSR count). The fourth-order valence-electron chi connectivity index (χ4n) is 3.08. The zero-order chi connectivity index (χ0) is 16.2. The molecule has 0 saturated carbocycles. The summed E-state index contributed by atoms with van der Waals surface area (Å²) in [6, 6.07) is 16.7. The minimum absolute atomic E-state index is 0.153. The Kier molecular flexibility index (Phi) is 5.03. The molecule has 1 aliphatic rings. The van der Waals surface area contributed by atoms with Gasteiger partial charge in [0.15, 0.2) is 0 Å². The third kappa shape index (κ3) is 3.59. The summed E-state index contributed by atoms with van der Waals surface area (Å²) in [5, 5.41) is 0. The minimum Gasteiger partial charge on any atom is -0.468 e. The lowest BCUT2D eigenvalue weighted by atomic mass is 9.93. The quantitative estimate of drug-likeness (QED) is 0.635. The van der Waals surface area contributed by atoms with E-state index in [1.54, 1.807) is 11.8 Å². The van der Waals surface area contributed by atoms with Crippen LogP contribution in [-0.2, 0) is 29.0 Å². The van der Waals surface area contributed by atoms with E-state index in [0.29, 0.717) is 6.42 Å². The maximum atomic E-state index is 12.2. The number of fused-ring (bicyclic) bond motifs is 1. The molecule has 0 radical (unpaired) electrons. The molecule has 3 nitrogen and oxygen atoms in total. The lowest BCUT2D eigenvalue weighted by Crippen LogP contribution is -2.45. The van der Waals surface area contributed by atoms with Crippen LogP contribution in [0.15, 0.2) is 53.4 Å². The van der Waals surface area contributed by atoms with Gasteiger partial charge in [-0.25, -0.2) is 0 Å². The Morgan fingerprint density at radius 3 is 2.52 bits per heavy atom. The van der Waals surface area contributed by atoms with Gasteiger partial charge >= 0.3 is 5.97 Å². The molecular weight excluding hydrogens is 306 g/mol. The van der Waals surface area contributed by atoms with Gasteiger partial charge in [-0.2, -0.15) is 0 Å². The van der Waals surface area contributed by atoms with Crippen molar-refractivity contribution in [3.05, 3.63) is 65.2 Å². The summed E-state index contributed by atoms with van der Waals surface area (Å²) in [4.78, 5) is 15.7. The predicted octanol–water partition coefficient (Wildman–Crippen LogP) is 3.51. The van der Waals surface area contributed by atoms with E-state index in [4.69, 9.17) is 4.74 Å². The number of hydrogen-bond donors (Lipinski definition) is 0. The molecule has 0 saturated heterocycles. The van der Waals surface area contributed by atoms with E-state index in [-0.39, 0.29) is 12.0 Å². The first-order valence-corrected chi connectivity index (χ1v) is 8.95. The Morgan fingerprint density at radius 1 is 1.17 bits per heavy atom. The maximum Gasteiger partial charge on any atom is 0.323 e. The van der Waals surface area contributed by atoms with Crippen molar-refractivity contribution in [2.75, 3.05) is 13.4 Å². The predicted molar refractivity (Wildman–Crippen MR) is 93.4 cm³/mol. The van der Waals surface area contributed by atoms with E-state index < -0.39 is 0 Å². The number of carbonyl (C=O) groups excluding carboxylic acids is 1. The zero-order valence-electron chi connectivity index (χ0n) is 13.5. The molecule has 0 aromatic heterocycles. The summed E-state index contributed by atoms with van der Waals surface area (Å²) >= 11 is 1.74. The molecule has 0 bridgehead atoms. The molecule has 1 aliphatic heterocycles. The molecule has 23 heavy (non-hydrogen) atoms. The van der Waals surface area contributed by atoms with Crippen molar-refractivity contribution < 1.29 is 9.53 Å². The van der Waals surface area contributed by atoms with E-state index >= 15 is 0 Å². The summed E-state index contributed by atoms with van der Waals surface area (Å²) in [6.45, 7) is 1.53. The highest BCUT2D eigenvalue weighted by atomic mass is 32.2. The zero-order valence-corrected chi connectivity index (χ0v) is 14.3. The average molecular weight is 327 g/mol. The molecule has 1 atom stereocenters. The molecule has 2 aromatic carbocycles. The second-order valence-corrected chi connectivity index (χ2v) is 6.64. The second-order valence-electron chi connectivity index (χ2n) is 5.76. The highest BCUT2D eigenvalue weighted by Gasteiger charge is 2.32. The van der Waals surface area contributed by atoms with Crippen LogP contribution in [0, 0.1) is 0 Å². The Labute approximate surface area is 141 Å². The number of esters is 1. The average Bonchev–Trinajstić information content (AvgIpc) is 2.61. The molecule has 1 unspecified atom stereocenters. The van der Waals surface area contributed by atoms with E-state index in [1.807, 2.05) is 6.07 Å². The Hall–Kier alpha value is -1.78. The van der Waals surface area contributed by atoms with Gasteiger partial charge in [0.1, 0.15) is 6.04 Å². The highest BCUT2D eigenvalue weighted by molar-refractivity contribution is 7.98. The molecule has 0 aliphatic carbocycles. The topological polar surface area (TPSA) is 29.5 Å². The van der Waals surface area contributed by atoms with Crippen molar-refractivity contribution >= 4 is 17.7 Å². The standard InChI is InChI=1S/C19H21NO2S/c1-22-19(21)18-11-15-5-3-4-6-16(15)13-20(18)12-14-7-9-17(23-2)10-8-14/h3-10,18H,11-13H2,1-2H3. The first-order chi connectivity index (χ1) is 11.2. The van der Waals surface area contributed by atoms with Gasteiger partial charge in [0, 0.05) is 18.0 Å². The van der Waals surface area contributed by atoms with Crippen molar-refractivity contribution in [3.63, 3.8) is 0 Å². The molecule has 2 aromatic rings. The summed E-state index contributed by atoms with van der Waals surface area (Å²) in [7, 11) is 1.47. The molecule has 1 heterocycles. The van der Waals surface area contributed by atoms with Crippen molar-refractivity contribution in [1.29, 1.82) is 0 Å². The van der Waals surface area contributed by atoms with E-state index in [9.17, 15) is 4.79 Å². The first kappa shape index (κ1) is 16.1. The fraction of sp³-hybridized carbons (Fsp3) is 0.316. The van der Waals surface area contributed by atoms with Crippen LogP contribution in [0.5, 0.6) is 0 Å². The first-order valence-electron chi connectivity index (χ1n) is 7.73. The molecule has 120 valence electrons. The Bertz CT molecular complexity index is 684. The van der Waals surface area contributed by atoms with Crippen molar-refractivity contribution in [2.45, 2.75) is 30.4 Å². The Morgan fingerprint density at radius 2 is 1.87 bits per heavy atom. The van der Waals surface area contributed by atoms with Crippen LogP contribution < -0.4 is 0 Å². The van der Waals surface area contributed by atoms with Crippen LogP contribution in [0.1, 0.15) is 16.7 Å². The number of ether oxygens (including phenoxy) is 1. The van der Waals surface area contributed by atoms with Crippen molar-refractivity contribution in [2.24, 2.45) is 0 Å². The lowest BCUT2D eigenvalue weighted by molar-refractivity contribution is -0.147. The number of methoxy groups -OCH3 is 1. The minimum atomic E-state index is -0.213. The van der Waals surface area contributed by atoms with Gasteiger partial charge in [-0.3, -0.25) is 9.69 Å². The SMILES string of the molecule is COC(=O)C1Cc2ccccc2CN1Cc1ccc(SC)cc1. The van der Waals surface area contributed by atoms with Gasteiger partial charge in [-0.1, -0.05) is 36.4 Å². The number of benzene rings is 2. The normalized spacial score (nSPS) is 17.6. The van der Waals surface area contributed by atoms with Gasteiger partial charge in [-0.15, -0.1) is 11.8 Å². The summed E-state index contributed by atoms with van der Waals surface area (Å²) in [5.41, 5.74) is 3.77. The largest absolute Gasteiger partial charge is 0.468 e. The van der Waals surface area contributed by atoms with Crippen LogP contribution in [-0.4, -0.2) is 30.3 Å². The molecule has 0 amide bonds. The summed E-state index contributed by atoms with van der Waals surface area (Å²) in [6.07, 6.45) is 2.79. The monoisotopic (exact) mass is 327 g/mol. The number of nitrogens with zero attached hydrogens (tertiary/aromatic N) is 1. The van der Waals surface area contributed by atoms with Crippen LogP contribution >= 0.6 is 11.8 Å². The van der Waals surface area contributed by atoms with Crippen LogP contribution in [0.3, 0.4) is 0 Å². The Balaban J connectivity index is 1.83. The number of rotatable bonds is 4. The van der Waals surface area contributed by atoms with Crippen molar-refractivity contribution in [3.8, 4) is 0 Å². The number of thioether (sulfide) groups is 1. The van der Waals surface area contributed by atoms with Gasteiger partial charge in [0.25, 0.3) is 0 Å². The third-order valence-electron chi connectivity index (χ3n) is 4.36. The number of hydrogen-bond acceptors (Lipinski definition) is 4. The van der Waals surface area contributed by atoms with Gasteiger partial charge in [0.2, 0.25) is 0 Å². The molecule has 0 spiro atoms. The van der Waals surface area contributed by atoms with Crippen LogP contribution in [0.2, 0.25) is 0 Å². The number of carbonyl (C=O) groups is 1. The van der Waals surface area contributed by atoms with Gasteiger partial charge in [0.05, 0.1) is 7.11 Å². The van der Waals surface area contributed by atoms with E-state index in [2.05, 4.69) is 53.6 Å². The molecule has 0 N–H and O–H groups in total. The summed E-state index contributed by atoms with van der Waals surface area (Å²) in [5.74, 6) is -0.153. The van der Waals surface area contributed by atoms with Crippen LogP contribution in [0.25, 0.3) is 0 Å². The lowest BCUT2D eigenvalue weighted by Gasteiger charge is -2.35. The molecule has 0 fully saturated rings. The smallest absolute Gasteiger partial charge is 0.323 e.